The van der Waals surface area contributed by atoms with Gasteiger partial charge in [-0.2, -0.15) is 0 Å². The van der Waals surface area contributed by atoms with Gasteiger partial charge in [0.15, 0.2) is 0 Å². The highest BCUT2D eigenvalue weighted by Crippen LogP contribution is 2.33. The third-order valence-corrected chi connectivity index (χ3v) is 5.13. The minimum Gasteiger partial charge on any atom is -0.497 e. The lowest BCUT2D eigenvalue weighted by molar-refractivity contribution is -0.122. The van der Waals surface area contributed by atoms with Crippen LogP contribution >= 0.6 is 0 Å². The Labute approximate surface area is 178 Å². The number of ether oxygens (including phenoxy) is 2. The summed E-state index contributed by atoms with van der Waals surface area (Å²) in [4.78, 5) is 39.2. The van der Waals surface area contributed by atoms with Crippen molar-refractivity contribution in [3.05, 3.63) is 71.3 Å². The lowest BCUT2D eigenvalue weighted by atomic mass is 9.99. The standard InChI is InChI=1S/C24H20N2O5/c1-14-4-8-16(9-5-14)26-23(28)20(22(27)25-24(26)29)13-19-18-12-17(30-2)10-6-15(18)7-11-21(19)31-3/h4-13H,1-3H3,(H,25,27,29)/b20-13-. The van der Waals surface area contributed by atoms with Crippen molar-refractivity contribution in [2.24, 2.45) is 0 Å². The molecule has 1 aliphatic rings. The molecule has 0 radical (unpaired) electrons. The fourth-order valence-corrected chi connectivity index (χ4v) is 3.49. The summed E-state index contributed by atoms with van der Waals surface area (Å²) in [5, 5.41) is 3.86. The van der Waals surface area contributed by atoms with Gasteiger partial charge in [0.25, 0.3) is 11.8 Å². The van der Waals surface area contributed by atoms with Crippen LogP contribution in [0.15, 0.2) is 60.2 Å². The monoisotopic (exact) mass is 416 g/mol. The normalized spacial score (nSPS) is 15.4. The van der Waals surface area contributed by atoms with Gasteiger partial charge in [0.05, 0.1) is 19.9 Å². The SMILES string of the molecule is COc1ccc2ccc(OC)c(/C=C3/C(=O)NC(=O)N(c4ccc(C)cc4)C3=O)c2c1. The average molecular weight is 416 g/mol. The van der Waals surface area contributed by atoms with Crippen LogP contribution in [0.5, 0.6) is 11.5 Å². The van der Waals surface area contributed by atoms with E-state index < -0.39 is 17.8 Å². The molecule has 0 spiro atoms. The first-order chi connectivity index (χ1) is 14.9. The van der Waals surface area contributed by atoms with E-state index in [1.165, 1.54) is 13.2 Å². The van der Waals surface area contributed by atoms with Crippen LogP contribution in [0, 0.1) is 6.92 Å². The van der Waals surface area contributed by atoms with E-state index in [2.05, 4.69) is 5.32 Å². The second-order valence-electron chi connectivity index (χ2n) is 7.06. The Morgan fingerprint density at radius 3 is 2.29 bits per heavy atom. The molecule has 4 amide bonds. The van der Waals surface area contributed by atoms with Gasteiger partial charge < -0.3 is 9.47 Å². The van der Waals surface area contributed by atoms with Crippen LogP contribution in [0.1, 0.15) is 11.1 Å². The van der Waals surface area contributed by atoms with E-state index in [-0.39, 0.29) is 5.57 Å². The van der Waals surface area contributed by atoms with Gasteiger partial charge in [-0.15, -0.1) is 0 Å². The minimum absolute atomic E-state index is 0.172. The van der Waals surface area contributed by atoms with Gasteiger partial charge in [0.2, 0.25) is 0 Å². The van der Waals surface area contributed by atoms with Crippen LogP contribution in [0.25, 0.3) is 16.8 Å². The Morgan fingerprint density at radius 1 is 0.903 bits per heavy atom. The van der Waals surface area contributed by atoms with E-state index in [1.54, 1.807) is 43.5 Å². The molecule has 1 N–H and O–H groups in total. The largest absolute Gasteiger partial charge is 0.497 e. The molecule has 1 aliphatic heterocycles. The Kier molecular flexibility index (Phi) is 5.17. The van der Waals surface area contributed by atoms with Gasteiger partial charge in [-0.05, 0) is 54.1 Å². The topological polar surface area (TPSA) is 84.9 Å². The Balaban J connectivity index is 1.88. The van der Waals surface area contributed by atoms with Crippen LogP contribution in [-0.4, -0.2) is 32.1 Å². The second kappa shape index (κ2) is 7.95. The molecule has 0 aromatic heterocycles. The number of aryl methyl sites for hydroxylation is 1. The predicted octanol–water partition coefficient (Wildman–Crippen LogP) is 3.83. The highest BCUT2D eigenvalue weighted by atomic mass is 16.5. The lowest BCUT2D eigenvalue weighted by Crippen LogP contribution is -2.54. The number of methoxy groups -OCH3 is 2. The summed E-state index contributed by atoms with van der Waals surface area (Å²) in [5.74, 6) is -0.371. The number of fused-ring (bicyclic) bond motifs is 1. The van der Waals surface area contributed by atoms with Gasteiger partial charge in [-0.3, -0.25) is 14.9 Å². The molecular weight excluding hydrogens is 396 g/mol. The van der Waals surface area contributed by atoms with E-state index >= 15 is 0 Å². The number of rotatable bonds is 4. The molecule has 3 aromatic carbocycles. The number of hydrogen-bond acceptors (Lipinski definition) is 5. The van der Waals surface area contributed by atoms with Crippen molar-refractivity contribution in [3.8, 4) is 11.5 Å². The molecule has 7 nitrogen and oxygen atoms in total. The van der Waals surface area contributed by atoms with Crippen molar-refractivity contribution < 1.29 is 23.9 Å². The smallest absolute Gasteiger partial charge is 0.335 e. The summed E-state index contributed by atoms with van der Waals surface area (Å²) < 4.78 is 10.8. The number of hydrogen-bond donors (Lipinski definition) is 1. The average Bonchev–Trinajstić information content (AvgIpc) is 2.77. The number of amides is 4. The van der Waals surface area contributed by atoms with Crippen molar-refractivity contribution >= 4 is 40.4 Å². The number of imide groups is 2. The first-order valence-electron chi connectivity index (χ1n) is 9.56. The number of carbonyl (C=O) groups excluding carboxylic acids is 3. The molecule has 0 bridgehead atoms. The molecule has 1 heterocycles. The molecule has 4 rings (SSSR count). The number of carbonyl (C=O) groups is 3. The van der Waals surface area contributed by atoms with E-state index in [9.17, 15) is 14.4 Å². The zero-order valence-corrected chi connectivity index (χ0v) is 17.3. The molecule has 31 heavy (non-hydrogen) atoms. The molecule has 156 valence electrons. The molecule has 1 saturated heterocycles. The Hall–Kier alpha value is -4.13. The fraction of sp³-hybridized carbons (Fsp3) is 0.125. The van der Waals surface area contributed by atoms with Crippen molar-refractivity contribution in [3.63, 3.8) is 0 Å². The second-order valence-corrected chi connectivity index (χ2v) is 7.06. The molecule has 7 heteroatoms. The van der Waals surface area contributed by atoms with Gasteiger partial charge in [-0.25, -0.2) is 9.69 Å². The maximum atomic E-state index is 13.2. The Bertz CT molecular complexity index is 1240. The van der Waals surface area contributed by atoms with Crippen LogP contribution in [0.3, 0.4) is 0 Å². The lowest BCUT2D eigenvalue weighted by Gasteiger charge is -2.26. The van der Waals surface area contributed by atoms with Gasteiger partial charge in [0, 0.05) is 5.56 Å². The molecule has 0 saturated carbocycles. The summed E-state index contributed by atoms with van der Waals surface area (Å²) in [6, 6.07) is 15.2. The van der Waals surface area contributed by atoms with Gasteiger partial charge >= 0.3 is 6.03 Å². The third kappa shape index (κ3) is 3.61. The van der Waals surface area contributed by atoms with Gasteiger partial charge in [0.1, 0.15) is 17.1 Å². The summed E-state index contributed by atoms with van der Waals surface area (Å²) in [6.45, 7) is 1.90. The van der Waals surface area contributed by atoms with Crippen LogP contribution in [0.2, 0.25) is 0 Å². The molecule has 0 unspecified atom stereocenters. The summed E-state index contributed by atoms with van der Waals surface area (Å²) in [7, 11) is 3.07. The maximum Gasteiger partial charge on any atom is 0.335 e. The van der Waals surface area contributed by atoms with Crippen LogP contribution < -0.4 is 19.7 Å². The van der Waals surface area contributed by atoms with E-state index in [0.29, 0.717) is 22.7 Å². The highest BCUT2D eigenvalue weighted by Gasteiger charge is 2.37. The summed E-state index contributed by atoms with van der Waals surface area (Å²) in [6.07, 6.45) is 1.45. The van der Waals surface area contributed by atoms with Crippen LogP contribution in [0.4, 0.5) is 10.5 Å². The minimum atomic E-state index is -0.789. The molecular formula is C24H20N2O5. The quantitative estimate of drug-likeness (QED) is 0.516. The molecule has 3 aromatic rings. The van der Waals surface area contributed by atoms with Crippen molar-refractivity contribution in [1.29, 1.82) is 0 Å². The first-order valence-corrected chi connectivity index (χ1v) is 9.56. The fourth-order valence-electron chi connectivity index (χ4n) is 3.49. The van der Waals surface area contributed by atoms with Crippen molar-refractivity contribution in [2.75, 3.05) is 19.1 Å². The van der Waals surface area contributed by atoms with E-state index in [1.807, 2.05) is 25.1 Å². The van der Waals surface area contributed by atoms with Crippen LogP contribution in [-0.2, 0) is 9.59 Å². The zero-order chi connectivity index (χ0) is 22.1. The molecule has 1 fully saturated rings. The third-order valence-electron chi connectivity index (χ3n) is 5.13. The van der Waals surface area contributed by atoms with Gasteiger partial charge in [-0.1, -0.05) is 29.8 Å². The number of nitrogens with one attached hydrogen (secondary N) is 1. The highest BCUT2D eigenvalue weighted by molar-refractivity contribution is 6.39. The summed E-state index contributed by atoms with van der Waals surface area (Å²) in [5.41, 5.74) is 1.72. The number of barbiturate groups is 1. The number of anilines is 1. The van der Waals surface area contributed by atoms with Crippen molar-refractivity contribution in [1.82, 2.24) is 5.32 Å². The van der Waals surface area contributed by atoms with E-state index in [0.717, 1.165) is 21.2 Å². The molecule has 0 aliphatic carbocycles. The summed E-state index contributed by atoms with van der Waals surface area (Å²) >= 11 is 0. The number of benzene rings is 3. The predicted molar refractivity (Wildman–Crippen MR) is 117 cm³/mol. The first kappa shape index (κ1) is 20.2. The number of urea groups is 1. The molecule has 0 atom stereocenters. The number of nitrogens with zero attached hydrogens (tertiary/aromatic N) is 1. The van der Waals surface area contributed by atoms with Crippen molar-refractivity contribution in [2.45, 2.75) is 6.92 Å². The maximum absolute atomic E-state index is 13.2. The zero-order valence-electron chi connectivity index (χ0n) is 17.3. The van der Waals surface area contributed by atoms with E-state index in [4.69, 9.17) is 9.47 Å². The Morgan fingerprint density at radius 2 is 1.61 bits per heavy atom.